The van der Waals surface area contributed by atoms with Crippen molar-refractivity contribution >= 4 is 16.0 Å². The van der Waals surface area contributed by atoms with E-state index in [-0.39, 0.29) is 17.0 Å². The maximum Gasteiger partial charge on any atom is 0.339 e. The van der Waals surface area contributed by atoms with E-state index in [9.17, 15) is 13.2 Å². The first-order valence-electron chi connectivity index (χ1n) is 5.94. The van der Waals surface area contributed by atoms with E-state index in [0.717, 1.165) is 4.31 Å². The highest BCUT2D eigenvalue weighted by atomic mass is 32.2. The molecule has 0 radical (unpaired) electrons. The van der Waals surface area contributed by atoms with Crippen LogP contribution in [-0.4, -0.2) is 48.0 Å². The quantitative estimate of drug-likeness (QED) is 0.802. The predicted octanol–water partition coefficient (Wildman–Crippen LogP) is 0.412. The van der Waals surface area contributed by atoms with Crippen LogP contribution in [-0.2, 0) is 21.3 Å². The van der Waals surface area contributed by atoms with E-state index in [1.165, 1.54) is 32.6 Å². The topological polar surface area (TPSA) is 105 Å². The predicted molar refractivity (Wildman–Crippen MR) is 72.8 cm³/mol. The van der Waals surface area contributed by atoms with Crippen LogP contribution in [0.5, 0.6) is 0 Å². The molecule has 0 fully saturated rings. The van der Waals surface area contributed by atoms with Crippen molar-refractivity contribution in [3.8, 4) is 0 Å². The van der Waals surface area contributed by atoms with Crippen molar-refractivity contribution in [1.82, 2.24) is 19.5 Å². The van der Waals surface area contributed by atoms with Gasteiger partial charge in [-0.25, -0.2) is 18.2 Å². The van der Waals surface area contributed by atoms with Gasteiger partial charge in [-0.3, -0.25) is 5.10 Å². The Labute approximate surface area is 121 Å². The number of ether oxygens (including phenoxy) is 1. The molecule has 2 aromatic rings. The zero-order valence-corrected chi connectivity index (χ0v) is 12.3. The molecular formula is C12H14N4O4S. The van der Waals surface area contributed by atoms with E-state index in [0.29, 0.717) is 5.82 Å². The molecule has 1 heterocycles. The molecule has 2 rings (SSSR count). The van der Waals surface area contributed by atoms with Gasteiger partial charge < -0.3 is 4.74 Å². The molecule has 0 saturated carbocycles. The molecule has 0 aliphatic rings. The lowest BCUT2D eigenvalue weighted by molar-refractivity contribution is 0.0596. The summed E-state index contributed by atoms with van der Waals surface area (Å²) in [5, 5.41) is 6.24. The van der Waals surface area contributed by atoms with Gasteiger partial charge in [0, 0.05) is 7.05 Å². The van der Waals surface area contributed by atoms with Gasteiger partial charge in [0.2, 0.25) is 10.0 Å². The monoisotopic (exact) mass is 310 g/mol. The molecule has 112 valence electrons. The average Bonchev–Trinajstić information content (AvgIpc) is 2.99. The third-order valence-corrected chi connectivity index (χ3v) is 4.68. The van der Waals surface area contributed by atoms with Gasteiger partial charge in [0.05, 0.1) is 24.1 Å². The van der Waals surface area contributed by atoms with Crippen molar-refractivity contribution in [1.29, 1.82) is 0 Å². The van der Waals surface area contributed by atoms with Crippen molar-refractivity contribution in [3.05, 3.63) is 42.0 Å². The molecule has 21 heavy (non-hydrogen) atoms. The van der Waals surface area contributed by atoms with Crippen molar-refractivity contribution in [2.24, 2.45) is 0 Å². The van der Waals surface area contributed by atoms with Crippen LogP contribution in [0.4, 0.5) is 0 Å². The fourth-order valence-corrected chi connectivity index (χ4v) is 3.05. The highest BCUT2D eigenvalue weighted by Gasteiger charge is 2.27. The minimum absolute atomic E-state index is 0.00980. The Kier molecular flexibility index (Phi) is 4.34. The number of rotatable bonds is 5. The second kappa shape index (κ2) is 6.02. The number of methoxy groups -OCH3 is 1. The number of sulfonamides is 1. The largest absolute Gasteiger partial charge is 0.465 e. The van der Waals surface area contributed by atoms with Crippen LogP contribution in [0, 0.1) is 0 Å². The Morgan fingerprint density at radius 1 is 1.38 bits per heavy atom. The lowest BCUT2D eigenvalue weighted by Gasteiger charge is -2.17. The Balaban J connectivity index is 2.37. The van der Waals surface area contributed by atoms with Crippen LogP contribution in [0.15, 0.2) is 35.5 Å². The zero-order chi connectivity index (χ0) is 15.5. The van der Waals surface area contributed by atoms with Gasteiger partial charge in [-0.2, -0.15) is 9.40 Å². The molecule has 8 nitrogen and oxygen atoms in total. The SMILES string of the molecule is COC(=O)c1ccccc1S(=O)(=O)N(C)Cc1ncn[nH]1. The summed E-state index contributed by atoms with van der Waals surface area (Å²) in [5.74, 6) is -0.307. The molecule has 1 aromatic heterocycles. The van der Waals surface area contributed by atoms with Crippen LogP contribution in [0.1, 0.15) is 16.2 Å². The number of nitrogens with zero attached hydrogens (tertiary/aromatic N) is 3. The standard InChI is InChI=1S/C12H14N4O4S/c1-16(7-11-13-8-14-15-11)21(18,19)10-6-4-3-5-9(10)12(17)20-2/h3-6,8H,7H2,1-2H3,(H,13,14,15). The van der Waals surface area contributed by atoms with Crippen molar-refractivity contribution in [2.45, 2.75) is 11.4 Å². The Morgan fingerprint density at radius 3 is 2.71 bits per heavy atom. The molecule has 1 N–H and O–H groups in total. The fourth-order valence-electron chi connectivity index (χ4n) is 1.74. The third kappa shape index (κ3) is 3.09. The van der Waals surface area contributed by atoms with Crippen LogP contribution < -0.4 is 0 Å². The number of benzene rings is 1. The zero-order valence-electron chi connectivity index (χ0n) is 11.5. The van der Waals surface area contributed by atoms with Gasteiger partial charge in [0.25, 0.3) is 0 Å². The van der Waals surface area contributed by atoms with E-state index in [1.54, 1.807) is 12.1 Å². The second-order valence-electron chi connectivity index (χ2n) is 4.18. The van der Waals surface area contributed by atoms with Gasteiger partial charge in [-0.1, -0.05) is 12.1 Å². The summed E-state index contributed by atoms with van der Waals surface area (Å²) in [6.45, 7) is 0.0117. The van der Waals surface area contributed by atoms with Crippen LogP contribution >= 0.6 is 0 Å². The van der Waals surface area contributed by atoms with Crippen LogP contribution in [0.2, 0.25) is 0 Å². The third-order valence-electron chi connectivity index (χ3n) is 2.82. The first-order chi connectivity index (χ1) is 9.96. The number of esters is 1. The highest BCUT2D eigenvalue weighted by Crippen LogP contribution is 2.20. The summed E-state index contributed by atoms with van der Waals surface area (Å²) >= 11 is 0. The van der Waals surface area contributed by atoms with Crippen LogP contribution in [0.3, 0.4) is 0 Å². The summed E-state index contributed by atoms with van der Waals surface area (Å²) in [4.78, 5) is 15.4. The van der Waals surface area contributed by atoms with Gasteiger partial charge in [0.1, 0.15) is 12.2 Å². The molecule has 0 amide bonds. The molecule has 9 heteroatoms. The molecular weight excluding hydrogens is 296 g/mol. The lowest BCUT2D eigenvalue weighted by atomic mass is 10.2. The minimum Gasteiger partial charge on any atom is -0.465 e. The maximum atomic E-state index is 12.6. The maximum absolute atomic E-state index is 12.6. The van der Waals surface area contributed by atoms with E-state index in [4.69, 9.17) is 0 Å². The van der Waals surface area contributed by atoms with Crippen molar-refractivity contribution < 1.29 is 17.9 Å². The van der Waals surface area contributed by atoms with E-state index < -0.39 is 16.0 Å². The molecule has 0 aliphatic carbocycles. The molecule has 0 spiro atoms. The Hall–Kier alpha value is -2.26. The minimum atomic E-state index is -3.86. The number of H-pyrrole nitrogens is 1. The first-order valence-corrected chi connectivity index (χ1v) is 7.38. The van der Waals surface area contributed by atoms with Crippen molar-refractivity contribution in [2.75, 3.05) is 14.2 Å². The summed E-state index contributed by atoms with van der Waals surface area (Å²) in [6.07, 6.45) is 1.29. The number of hydrogen-bond donors (Lipinski definition) is 1. The first kappa shape index (κ1) is 15.1. The van der Waals surface area contributed by atoms with E-state index in [2.05, 4.69) is 19.9 Å². The summed E-state index contributed by atoms with van der Waals surface area (Å²) in [6, 6.07) is 5.88. The second-order valence-corrected chi connectivity index (χ2v) is 6.19. The number of carbonyl (C=O) groups excluding carboxylic acids is 1. The number of aromatic amines is 1. The number of carbonyl (C=O) groups is 1. The normalized spacial score (nSPS) is 11.6. The van der Waals surface area contributed by atoms with E-state index >= 15 is 0 Å². The summed E-state index contributed by atoms with van der Waals surface area (Å²) < 4.78 is 30.8. The number of nitrogens with one attached hydrogen (secondary N) is 1. The molecule has 1 aromatic carbocycles. The number of aromatic nitrogens is 3. The lowest BCUT2D eigenvalue weighted by Crippen LogP contribution is -2.28. The molecule has 0 unspecified atom stereocenters. The smallest absolute Gasteiger partial charge is 0.339 e. The summed E-state index contributed by atoms with van der Waals surface area (Å²) in [5.41, 5.74) is -0.00980. The van der Waals surface area contributed by atoms with Crippen molar-refractivity contribution in [3.63, 3.8) is 0 Å². The van der Waals surface area contributed by atoms with E-state index in [1.807, 2.05) is 0 Å². The summed E-state index contributed by atoms with van der Waals surface area (Å²) in [7, 11) is -1.26. The molecule has 0 atom stereocenters. The number of hydrogen-bond acceptors (Lipinski definition) is 6. The van der Waals surface area contributed by atoms with Gasteiger partial charge in [0.15, 0.2) is 0 Å². The van der Waals surface area contributed by atoms with Crippen LogP contribution in [0.25, 0.3) is 0 Å². The van der Waals surface area contributed by atoms with Gasteiger partial charge in [-0.15, -0.1) is 0 Å². The molecule has 0 saturated heterocycles. The van der Waals surface area contributed by atoms with Gasteiger partial charge in [-0.05, 0) is 12.1 Å². The molecule has 0 bridgehead atoms. The Bertz CT molecular complexity index is 727. The highest BCUT2D eigenvalue weighted by molar-refractivity contribution is 7.89. The Morgan fingerprint density at radius 2 is 2.10 bits per heavy atom. The fraction of sp³-hybridized carbons (Fsp3) is 0.250. The molecule has 0 aliphatic heterocycles. The average molecular weight is 310 g/mol. The van der Waals surface area contributed by atoms with Gasteiger partial charge >= 0.3 is 5.97 Å².